The molecule has 132 valence electrons. The highest BCUT2D eigenvalue weighted by molar-refractivity contribution is 6.30. The fourth-order valence-electron chi connectivity index (χ4n) is 2.28. The van der Waals surface area contributed by atoms with Crippen molar-refractivity contribution in [1.82, 2.24) is 10.3 Å². The van der Waals surface area contributed by atoms with Gasteiger partial charge in [-0.1, -0.05) is 29.8 Å². The highest BCUT2D eigenvalue weighted by atomic mass is 35.5. The SMILES string of the molecule is COc1cccc(Oc2ccc(CNC(=O)c3cccc(Cl)c3)cn2)c1. The van der Waals surface area contributed by atoms with Crippen molar-refractivity contribution in [3.05, 3.63) is 83.0 Å². The maximum Gasteiger partial charge on any atom is 0.251 e. The third kappa shape index (κ3) is 4.74. The Labute approximate surface area is 156 Å². The van der Waals surface area contributed by atoms with Crippen LogP contribution in [0, 0.1) is 0 Å². The Morgan fingerprint density at radius 1 is 1.08 bits per heavy atom. The number of halogens is 1. The van der Waals surface area contributed by atoms with Crippen molar-refractivity contribution in [2.24, 2.45) is 0 Å². The van der Waals surface area contributed by atoms with Crippen LogP contribution in [0.2, 0.25) is 5.02 Å². The Bertz CT molecular complexity index is 898. The van der Waals surface area contributed by atoms with Crippen LogP contribution >= 0.6 is 11.6 Å². The maximum absolute atomic E-state index is 12.1. The summed E-state index contributed by atoms with van der Waals surface area (Å²) in [7, 11) is 1.60. The van der Waals surface area contributed by atoms with Crippen molar-refractivity contribution in [2.75, 3.05) is 7.11 Å². The van der Waals surface area contributed by atoms with Gasteiger partial charge >= 0.3 is 0 Å². The zero-order valence-corrected chi connectivity index (χ0v) is 14.9. The van der Waals surface area contributed by atoms with Crippen molar-refractivity contribution < 1.29 is 14.3 Å². The lowest BCUT2D eigenvalue weighted by atomic mass is 10.2. The van der Waals surface area contributed by atoms with Gasteiger partial charge in [-0.15, -0.1) is 0 Å². The molecule has 0 atom stereocenters. The Morgan fingerprint density at radius 2 is 1.88 bits per heavy atom. The number of hydrogen-bond donors (Lipinski definition) is 1. The fraction of sp³-hybridized carbons (Fsp3) is 0.100. The molecule has 3 aromatic rings. The Morgan fingerprint density at radius 3 is 2.62 bits per heavy atom. The van der Waals surface area contributed by atoms with Crippen LogP contribution in [0.15, 0.2) is 66.9 Å². The number of methoxy groups -OCH3 is 1. The van der Waals surface area contributed by atoms with Crippen LogP contribution in [0.5, 0.6) is 17.4 Å². The fourth-order valence-corrected chi connectivity index (χ4v) is 2.47. The molecule has 6 heteroatoms. The smallest absolute Gasteiger partial charge is 0.251 e. The van der Waals surface area contributed by atoms with E-state index in [-0.39, 0.29) is 5.91 Å². The van der Waals surface area contributed by atoms with Gasteiger partial charge in [-0.3, -0.25) is 4.79 Å². The van der Waals surface area contributed by atoms with Gasteiger partial charge in [0.15, 0.2) is 0 Å². The van der Waals surface area contributed by atoms with Gasteiger partial charge in [-0.05, 0) is 35.9 Å². The Kier molecular flexibility index (Phi) is 5.71. The molecule has 0 saturated heterocycles. The molecule has 0 aliphatic carbocycles. The number of hydrogen-bond acceptors (Lipinski definition) is 4. The Hall–Kier alpha value is -3.05. The van der Waals surface area contributed by atoms with Crippen LogP contribution in [0.25, 0.3) is 0 Å². The number of carbonyl (C=O) groups excluding carboxylic acids is 1. The number of nitrogens with one attached hydrogen (secondary N) is 1. The molecule has 0 aliphatic rings. The summed E-state index contributed by atoms with van der Waals surface area (Å²) in [4.78, 5) is 16.4. The van der Waals surface area contributed by atoms with Gasteiger partial charge in [0, 0.05) is 35.5 Å². The molecule has 1 heterocycles. The van der Waals surface area contributed by atoms with Crippen LogP contribution in [0.1, 0.15) is 15.9 Å². The van der Waals surface area contributed by atoms with Crippen molar-refractivity contribution in [1.29, 1.82) is 0 Å². The molecule has 0 spiro atoms. The molecule has 0 fully saturated rings. The monoisotopic (exact) mass is 368 g/mol. The minimum Gasteiger partial charge on any atom is -0.497 e. The molecule has 0 saturated carbocycles. The largest absolute Gasteiger partial charge is 0.497 e. The molecule has 2 aromatic carbocycles. The maximum atomic E-state index is 12.1. The quantitative estimate of drug-likeness (QED) is 0.697. The van der Waals surface area contributed by atoms with E-state index >= 15 is 0 Å². The number of aromatic nitrogens is 1. The summed E-state index contributed by atoms with van der Waals surface area (Å²) in [6.07, 6.45) is 1.66. The number of benzene rings is 2. The van der Waals surface area contributed by atoms with Crippen LogP contribution in [0.4, 0.5) is 0 Å². The normalized spacial score (nSPS) is 10.2. The van der Waals surface area contributed by atoms with Gasteiger partial charge < -0.3 is 14.8 Å². The molecular formula is C20H17ClN2O3. The average molecular weight is 369 g/mol. The molecule has 5 nitrogen and oxygen atoms in total. The lowest BCUT2D eigenvalue weighted by Crippen LogP contribution is -2.22. The lowest BCUT2D eigenvalue weighted by Gasteiger charge is -2.08. The second-order valence-corrected chi connectivity index (χ2v) is 5.92. The predicted molar refractivity (Wildman–Crippen MR) is 99.9 cm³/mol. The lowest BCUT2D eigenvalue weighted by molar-refractivity contribution is 0.0951. The van der Waals surface area contributed by atoms with Crippen LogP contribution in [-0.4, -0.2) is 18.0 Å². The van der Waals surface area contributed by atoms with E-state index in [1.807, 2.05) is 24.3 Å². The van der Waals surface area contributed by atoms with Crippen molar-refractivity contribution in [3.8, 4) is 17.4 Å². The highest BCUT2D eigenvalue weighted by Crippen LogP contribution is 2.23. The molecule has 0 radical (unpaired) electrons. The van der Waals surface area contributed by atoms with Crippen molar-refractivity contribution in [2.45, 2.75) is 6.54 Å². The van der Waals surface area contributed by atoms with E-state index in [0.717, 1.165) is 5.56 Å². The van der Waals surface area contributed by atoms with Gasteiger partial charge in [-0.2, -0.15) is 0 Å². The Balaban J connectivity index is 1.58. The molecule has 1 amide bonds. The van der Waals surface area contributed by atoms with Crippen LogP contribution in [-0.2, 0) is 6.54 Å². The number of amides is 1. The summed E-state index contributed by atoms with van der Waals surface area (Å²) in [5.41, 5.74) is 1.38. The van der Waals surface area contributed by atoms with E-state index in [1.165, 1.54) is 0 Å². The number of pyridine rings is 1. The van der Waals surface area contributed by atoms with Crippen LogP contribution < -0.4 is 14.8 Å². The highest BCUT2D eigenvalue weighted by Gasteiger charge is 2.06. The zero-order chi connectivity index (χ0) is 18.4. The molecule has 0 bridgehead atoms. The number of rotatable bonds is 6. The number of ether oxygens (including phenoxy) is 2. The third-order valence-corrected chi connectivity index (χ3v) is 3.84. The summed E-state index contributed by atoms with van der Waals surface area (Å²) in [5.74, 6) is 1.62. The van der Waals surface area contributed by atoms with E-state index < -0.39 is 0 Å². The first-order valence-corrected chi connectivity index (χ1v) is 8.32. The van der Waals surface area contributed by atoms with Gasteiger partial charge in [0.25, 0.3) is 5.91 Å². The van der Waals surface area contributed by atoms with Gasteiger partial charge in [0.1, 0.15) is 11.5 Å². The minimum absolute atomic E-state index is 0.191. The summed E-state index contributed by atoms with van der Waals surface area (Å²) in [6.45, 7) is 0.359. The molecule has 3 rings (SSSR count). The zero-order valence-electron chi connectivity index (χ0n) is 14.1. The summed E-state index contributed by atoms with van der Waals surface area (Å²) < 4.78 is 10.9. The molecule has 1 aromatic heterocycles. The topological polar surface area (TPSA) is 60.5 Å². The molecule has 26 heavy (non-hydrogen) atoms. The van der Waals surface area contributed by atoms with Gasteiger partial charge in [0.05, 0.1) is 7.11 Å². The average Bonchev–Trinajstić information content (AvgIpc) is 2.67. The van der Waals surface area contributed by atoms with Crippen molar-refractivity contribution >= 4 is 17.5 Å². The first kappa shape index (κ1) is 17.8. The van der Waals surface area contributed by atoms with E-state index in [4.69, 9.17) is 21.1 Å². The summed E-state index contributed by atoms with van der Waals surface area (Å²) >= 11 is 5.90. The number of nitrogens with zero attached hydrogens (tertiary/aromatic N) is 1. The van der Waals surface area contributed by atoms with E-state index in [0.29, 0.717) is 34.5 Å². The van der Waals surface area contributed by atoms with E-state index in [9.17, 15) is 4.79 Å². The third-order valence-electron chi connectivity index (χ3n) is 3.60. The predicted octanol–water partition coefficient (Wildman–Crippen LogP) is 4.47. The van der Waals surface area contributed by atoms with Crippen molar-refractivity contribution in [3.63, 3.8) is 0 Å². The molecule has 1 N–H and O–H groups in total. The van der Waals surface area contributed by atoms with Gasteiger partial charge in [-0.25, -0.2) is 4.98 Å². The van der Waals surface area contributed by atoms with Crippen LogP contribution in [0.3, 0.4) is 0 Å². The second-order valence-electron chi connectivity index (χ2n) is 5.48. The minimum atomic E-state index is -0.191. The molecule has 0 unspecified atom stereocenters. The van der Waals surface area contributed by atoms with E-state index in [2.05, 4.69) is 10.3 Å². The summed E-state index contributed by atoms with van der Waals surface area (Å²) in [5, 5.41) is 3.36. The first-order valence-electron chi connectivity index (χ1n) is 7.94. The standard InChI is InChI=1S/C20H17ClN2O3/c1-25-17-6-3-7-18(11-17)26-19-9-8-14(12-22-19)13-23-20(24)15-4-2-5-16(21)10-15/h2-12H,13H2,1H3,(H,23,24). The van der Waals surface area contributed by atoms with Gasteiger partial charge in [0.2, 0.25) is 5.88 Å². The molecular weight excluding hydrogens is 352 g/mol. The second kappa shape index (κ2) is 8.36. The molecule has 0 aliphatic heterocycles. The summed E-state index contributed by atoms with van der Waals surface area (Å²) in [6, 6.07) is 17.7. The van der Waals surface area contributed by atoms with E-state index in [1.54, 1.807) is 49.7 Å². The first-order chi connectivity index (χ1) is 12.6. The number of carbonyl (C=O) groups is 1.